The third-order valence-electron chi connectivity index (χ3n) is 5.77. The molecule has 0 rings (SSSR count). The summed E-state index contributed by atoms with van der Waals surface area (Å²) in [7, 11) is 0. The molecule has 1 atom stereocenters. The summed E-state index contributed by atoms with van der Waals surface area (Å²) in [6.07, 6.45) is 34.5. The number of hydrogen-bond acceptors (Lipinski definition) is 2. The third-order valence-corrected chi connectivity index (χ3v) is 5.77. The summed E-state index contributed by atoms with van der Waals surface area (Å²) in [6.45, 7) is 4.52. The summed E-state index contributed by atoms with van der Waals surface area (Å²) >= 11 is 0. The molecule has 1 N–H and O–H groups in total. The van der Waals surface area contributed by atoms with Crippen molar-refractivity contribution in [3.8, 4) is 0 Å². The smallest absolute Gasteiger partial charge is 0.196 e. The van der Waals surface area contributed by atoms with E-state index in [4.69, 9.17) is 4.74 Å². The zero-order valence-corrected chi connectivity index (χ0v) is 20.6. The Morgan fingerprint density at radius 1 is 0.533 bits per heavy atom. The normalized spacial score (nSPS) is 12.9. The molecule has 0 aliphatic heterocycles. The lowest BCUT2D eigenvalue weighted by Crippen LogP contribution is -2.07. The van der Waals surface area contributed by atoms with Crippen LogP contribution in [-0.4, -0.2) is 11.4 Å². The fourth-order valence-corrected chi connectivity index (χ4v) is 3.70. The molecule has 2 nitrogen and oxygen atoms in total. The Kier molecular flexibility index (Phi) is 25.6. The summed E-state index contributed by atoms with van der Waals surface area (Å²) in [4.78, 5) is 0. The molecule has 0 aromatic carbocycles. The molecule has 0 heterocycles. The number of aliphatic hydroxyl groups excluding tert-OH is 1. The molecule has 0 aliphatic rings. The van der Waals surface area contributed by atoms with E-state index in [1.807, 2.05) is 0 Å². The van der Waals surface area contributed by atoms with Crippen molar-refractivity contribution in [2.24, 2.45) is 0 Å². The Balaban J connectivity index is 3.26. The Hall–Kier alpha value is -0.760. The van der Waals surface area contributed by atoms with Crippen LogP contribution in [0.1, 0.15) is 149 Å². The number of rotatable bonds is 24. The van der Waals surface area contributed by atoms with Crippen LogP contribution in [0.3, 0.4) is 0 Å². The van der Waals surface area contributed by atoms with Gasteiger partial charge in [0.25, 0.3) is 0 Å². The fourth-order valence-electron chi connectivity index (χ4n) is 3.70. The second-order valence-corrected chi connectivity index (χ2v) is 8.89. The van der Waals surface area contributed by atoms with Gasteiger partial charge in [0, 0.05) is 6.42 Å². The Labute approximate surface area is 189 Å². The van der Waals surface area contributed by atoms with Gasteiger partial charge in [0.15, 0.2) is 6.29 Å². The molecule has 1 unspecified atom stereocenters. The highest BCUT2D eigenvalue weighted by Gasteiger charge is 2.01. The lowest BCUT2D eigenvalue weighted by molar-refractivity contribution is -0.0576. The Bertz CT molecular complexity index is 362. The second-order valence-electron chi connectivity index (χ2n) is 8.89. The number of unbranched alkanes of at least 4 members (excludes halogenated alkanes) is 17. The van der Waals surface area contributed by atoms with Crippen molar-refractivity contribution in [3.05, 3.63) is 24.5 Å². The zero-order chi connectivity index (χ0) is 22.0. The monoisotopic (exact) mass is 422 g/mol. The molecule has 30 heavy (non-hydrogen) atoms. The van der Waals surface area contributed by atoms with Crippen molar-refractivity contribution < 1.29 is 9.84 Å². The van der Waals surface area contributed by atoms with Gasteiger partial charge in [0.05, 0.1) is 6.26 Å². The van der Waals surface area contributed by atoms with Gasteiger partial charge in [-0.3, -0.25) is 0 Å². The van der Waals surface area contributed by atoms with Crippen molar-refractivity contribution in [2.75, 3.05) is 0 Å². The predicted octanol–water partition coefficient (Wildman–Crippen LogP) is 9.62. The van der Waals surface area contributed by atoms with Gasteiger partial charge in [-0.05, 0) is 44.6 Å². The molecule has 0 aromatic heterocycles. The minimum absolute atomic E-state index is 0.629. The van der Waals surface area contributed by atoms with Crippen molar-refractivity contribution in [3.63, 3.8) is 0 Å². The first-order chi connectivity index (χ1) is 14.8. The van der Waals surface area contributed by atoms with Crippen molar-refractivity contribution in [1.29, 1.82) is 0 Å². The molecule has 2 heteroatoms. The van der Waals surface area contributed by atoms with Crippen LogP contribution in [0.5, 0.6) is 0 Å². The SMILES string of the molecule is CCCC/C=C\CCCCCCCC(O)OC=CCCCCCCCCCCCC. The molecule has 0 spiro atoms. The van der Waals surface area contributed by atoms with Gasteiger partial charge in [-0.25, -0.2) is 0 Å². The molecule has 178 valence electrons. The Morgan fingerprint density at radius 3 is 1.53 bits per heavy atom. The van der Waals surface area contributed by atoms with E-state index >= 15 is 0 Å². The van der Waals surface area contributed by atoms with Crippen LogP contribution in [0.2, 0.25) is 0 Å². The van der Waals surface area contributed by atoms with Gasteiger partial charge < -0.3 is 9.84 Å². The zero-order valence-electron chi connectivity index (χ0n) is 20.6. The fraction of sp³-hybridized carbons (Fsp3) is 0.857. The largest absolute Gasteiger partial charge is 0.473 e. The van der Waals surface area contributed by atoms with E-state index in [1.54, 1.807) is 6.26 Å². The molecule has 0 aliphatic carbocycles. The van der Waals surface area contributed by atoms with Gasteiger partial charge in [0.2, 0.25) is 0 Å². The van der Waals surface area contributed by atoms with Crippen LogP contribution < -0.4 is 0 Å². The first-order valence-electron chi connectivity index (χ1n) is 13.4. The number of aliphatic hydroxyl groups is 1. The van der Waals surface area contributed by atoms with Gasteiger partial charge in [0.1, 0.15) is 0 Å². The first kappa shape index (κ1) is 29.2. The molecule has 0 bridgehead atoms. The van der Waals surface area contributed by atoms with Crippen LogP contribution in [0.15, 0.2) is 24.5 Å². The summed E-state index contributed by atoms with van der Waals surface area (Å²) in [5, 5.41) is 9.89. The van der Waals surface area contributed by atoms with Crippen molar-refractivity contribution in [2.45, 2.75) is 155 Å². The minimum Gasteiger partial charge on any atom is -0.473 e. The molecule has 0 radical (unpaired) electrons. The maximum atomic E-state index is 9.89. The number of ether oxygens (including phenoxy) is 1. The highest BCUT2D eigenvalue weighted by atomic mass is 16.6. The quantitative estimate of drug-likeness (QED) is 0.0726. The maximum absolute atomic E-state index is 9.89. The first-order valence-corrected chi connectivity index (χ1v) is 13.4. The standard InChI is InChI=1S/C28H54O2/c1-3-5-7-9-11-13-15-17-19-21-23-25-27-30-28(29)26-24-22-20-18-16-14-12-10-8-6-4-2/h10,12,25,27-29H,3-9,11,13-24,26H2,1-2H3/b12-10-,27-25?. The van der Waals surface area contributed by atoms with E-state index in [1.165, 1.54) is 116 Å². The third kappa shape index (κ3) is 25.3. The summed E-state index contributed by atoms with van der Waals surface area (Å²) in [5.74, 6) is 0. The molecule has 0 aromatic rings. The van der Waals surface area contributed by atoms with E-state index in [-0.39, 0.29) is 0 Å². The molecular weight excluding hydrogens is 368 g/mol. The minimum atomic E-state index is -0.629. The van der Waals surface area contributed by atoms with Crippen molar-refractivity contribution >= 4 is 0 Å². The highest BCUT2D eigenvalue weighted by molar-refractivity contribution is 4.81. The molecule has 0 amide bonds. The topological polar surface area (TPSA) is 29.5 Å². The number of allylic oxidation sites excluding steroid dienone is 3. The maximum Gasteiger partial charge on any atom is 0.196 e. The van der Waals surface area contributed by atoms with E-state index in [0.717, 1.165) is 19.3 Å². The van der Waals surface area contributed by atoms with Crippen LogP contribution in [0, 0.1) is 0 Å². The molecule has 0 fully saturated rings. The van der Waals surface area contributed by atoms with Gasteiger partial charge in [-0.1, -0.05) is 116 Å². The van der Waals surface area contributed by atoms with Gasteiger partial charge in [-0.2, -0.15) is 0 Å². The number of hydrogen-bond donors (Lipinski definition) is 1. The lowest BCUT2D eigenvalue weighted by Gasteiger charge is -2.09. The van der Waals surface area contributed by atoms with E-state index < -0.39 is 6.29 Å². The van der Waals surface area contributed by atoms with Gasteiger partial charge in [-0.15, -0.1) is 0 Å². The average Bonchev–Trinajstić information content (AvgIpc) is 2.75. The van der Waals surface area contributed by atoms with E-state index in [0.29, 0.717) is 0 Å². The summed E-state index contributed by atoms with van der Waals surface area (Å²) in [5.41, 5.74) is 0. The van der Waals surface area contributed by atoms with Crippen LogP contribution in [0.4, 0.5) is 0 Å². The van der Waals surface area contributed by atoms with Crippen LogP contribution in [0.25, 0.3) is 0 Å². The summed E-state index contributed by atoms with van der Waals surface area (Å²) in [6, 6.07) is 0. The summed E-state index contributed by atoms with van der Waals surface area (Å²) < 4.78 is 5.39. The van der Waals surface area contributed by atoms with Crippen LogP contribution >= 0.6 is 0 Å². The van der Waals surface area contributed by atoms with Crippen LogP contribution in [-0.2, 0) is 4.74 Å². The molecule has 0 saturated carbocycles. The molecular formula is C28H54O2. The van der Waals surface area contributed by atoms with E-state index in [2.05, 4.69) is 32.1 Å². The second kappa shape index (κ2) is 26.3. The van der Waals surface area contributed by atoms with Gasteiger partial charge >= 0.3 is 0 Å². The molecule has 0 saturated heterocycles. The van der Waals surface area contributed by atoms with E-state index in [9.17, 15) is 5.11 Å². The van der Waals surface area contributed by atoms with Crippen molar-refractivity contribution in [1.82, 2.24) is 0 Å². The highest BCUT2D eigenvalue weighted by Crippen LogP contribution is 2.12. The average molecular weight is 423 g/mol. The lowest BCUT2D eigenvalue weighted by atomic mass is 10.1. The predicted molar refractivity (Wildman–Crippen MR) is 134 cm³/mol. The Morgan fingerprint density at radius 2 is 0.967 bits per heavy atom.